The lowest BCUT2D eigenvalue weighted by Crippen LogP contribution is -2.41. The van der Waals surface area contributed by atoms with Gasteiger partial charge in [-0.3, -0.25) is 9.80 Å². The Labute approximate surface area is 121 Å². The van der Waals surface area contributed by atoms with Gasteiger partial charge in [0.25, 0.3) is 0 Å². The van der Waals surface area contributed by atoms with Gasteiger partial charge in [-0.2, -0.15) is 0 Å². The average molecular weight is 276 g/mol. The minimum Gasteiger partial charge on any atom is -0.299 e. The van der Waals surface area contributed by atoms with Crippen LogP contribution >= 0.6 is 0 Å². The van der Waals surface area contributed by atoms with Gasteiger partial charge in [-0.1, -0.05) is 12.1 Å². The van der Waals surface area contributed by atoms with E-state index in [9.17, 15) is 4.39 Å². The van der Waals surface area contributed by atoms with Gasteiger partial charge >= 0.3 is 0 Å². The summed E-state index contributed by atoms with van der Waals surface area (Å²) in [5.74, 6) is -0.141. The number of benzene rings is 1. The first-order valence-electron chi connectivity index (χ1n) is 7.95. The van der Waals surface area contributed by atoms with Crippen molar-refractivity contribution in [3.63, 3.8) is 0 Å². The zero-order chi connectivity index (χ0) is 13.9. The van der Waals surface area contributed by atoms with Crippen molar-refractivity contribution in [1.82, 2.24) is 9.80 Å². The van der Waals surface area contributed by atoms with Crippen molar-refractivity contribution in [3.05, 3.63) is 35.6 Å². The minimum absolute atomic E-state index is 0.141. The highest BCUT2D eigenvalue weighted by Crippen LogP contribution is 2.23. The standard InChI is InChI=1S/C17H25FN2/c1-14(12-15-5-7-16(18)8-6-15)20-11-3-10-19-9-2-4-17(19)13-20/h5-8,14,17H,2-4,9-13H2,1H3. The molecule has 1 aromatic carbocycles. The maximum atomic E-state index is 13.0. The van der Waals surface area contributed by atoms with Gasteiger partial charge in [0.1, 0.15) is 5.82 Å². The van der Waals surface area contributed by atoms with Gasteiger partial charge in [0, 0.05) is 18.6 Å². The van der Waals surface area contributed by atoms with Crippen LogP contribution in [0.2, 0.25) is 0 Å². The van der Waals surface area contributed by atoms with Crippen molar-refractivity contribution < 1.29 is 4.39 Å². The summed E-state index contributed by atoms with van der Waals surface area (Å²) >= 11 is 0. The second-order valence-electron chi connectivity index (χ2n) is 6.36. The van der Waals surface area contributed by atoms with Crippen LogP contribution in [0.25, 0.3) is 0 Å². The SMILES string of the molecule is CC(Cc1ccc(F)cc1)N1CCCN2CCCC2C1. The van der Waals surface area contributed by atoms with Crippen LogP contribution in [0.15, 0.2) is 24.3 Å². The highest BCUT2D eigenvalue weighted by molar-refractivity contribution is 5.17. The van der Waals surface area contributed by atoms with Crippen LogP contribution in [0, 0.1) is 5.82 Å². The second kappa shape index (κ2) is 6.23. The molecule has 2 atom stereocenters. The number of rotatable bonds is 3. The third-order valence-electron chi connectivity index (χ3n) is 4.90. The third kappa shape index (κ3) is 3.21. The number of halogens is 1. The topological polar surface area (TPSA) is 6.48 Å². The van der Waals surface area contributed by atoms with Crippen molar-refractivity contribution in [2.45, 2.75) is 44.7 Å². The van der Waals surface area contributed by atoms with Crippen LogP contribution in [0.3, 0.4) is 0 Å². The summed E-state index contributed by atoms with van der Waals surface area (Å²) in [5.41, 5.74) is 1.24. The summed E-state index contributed by atoms with van der Waals surface area (Å²) in [6.07, 6.45) is 5.03. The van der Waals surface area contributed by atoms with Crippen LogP contribution in [-0.2, 0) is 6.42 Å². The molecule has 0 radical (unpaired) electrons. The molecule has 2 fully saturated rings. The van der Waals surface area contributed by atoms with E-state index >= 15 is 0 Å². The monoisotopic (exact) mass is 276 g/mol. The molecule has 0 N–H and O–H groups in total. The molecule has 2 nitrogen and oxygen atoms in total. The molecule has 3 heteroatoms. The van der Waals surface area contributed by atoms with Gasteiger partial charge in [-0.25, -0.2) is 4.39 Å². The lowest BCUT2D eigenvalue weighted by molar-refractivity contribution is 0.180. The molecule has 0 bridgehead atoms. The van der Waals surface area contributed by atoms with Crippen LogP contribution in [-0.4, -0.2) is 48.1 Å². The van der Waals surface area contributed by atoms with Crippen molar-refractivity contribution in [1.29, 1.82) is 0 Å². The molecular formula is C17H25FN2. The molecule has 2 aliphatic heterocycles. The third-order valence-corrected chi connectivity index (χ3v) is 4.90. The lowest BCUT2D eigenvalue weighted by atomic mass is 10.0. The first-order valence-corrected chi connectivity index (χ1v) is 7.95. The van der Waals surface area contributed by atoms with E-state index in [2.05, 4.69) is 16.7 Å². The molecule has 110 valence electrons. The molecule has 1 aromatic rings. The first kappa shape index (κ1) is 14.0. The van der Waals surface area contributed by atoms with Gasteiger partial charge in [0.2, 0.25) is 0 Å². The maximum absolute atomic E-state index is 13.0. The van der Waals surface area contributed by atoms with Gasteiger partial charge in [0.15, 0.2) is 0 Å². The maximum Gasteiger partial charge on any atom is 0.123 e. The van der Waals surface area contributed by atoms with E-state index < -0.39 is 0 Å². The summed E-state index contributed by atoms with van der Waals surface area (Å²) in [4.78, 5) is 5.31. The quantitative estimate of drug-likeness (QED) is 0.837. The zero-order valence-corrected chi connectivity index (χ0v) is 12.4. The van der Waals surface area contributed by atoms with Gasteiger partial charge in [-0.05, 0) is 69.9 Å². The Kier molecular flexibility index (Phi) is 4.37. The Hall–Kier alpha value is -0.930. The molecule has 0 aliphatic carbocycles. The second-order valence-corrected chi connectivity index (χ2v) is 6.36. The minimum atomic E-state index is -0.141. The summed E-state index contributed by atoms with van der Waals surface area (Å²) in [6.45, 7) is 7.29. The highest BCUT2D eigenvalue weighted by Gasteiger charge is 2.30. The van der Waals surface area contributed by atoms with Crippen LogP contribution < -0.4 is 0 Å². The van der Waals surface area contributed by atoms with Gasteiger partial charge in [0.05, 0.1) is 0 Å². The van der Waals surface area contributed by atoms with Crippen LogP contribution in [0.5, 0.6) is 0 Å². The number of hydrogen-bond donors (Lipinski definition) is 0. The summed E-state index contributed by atoms with van der Waals surface area (Å²) in [6, 6.07) is 8.30. The summed E-state index contributed by atoms with van der Waals surface area (Å²) < 4.78 is 13.0. The highest BCUT2D eigenvalue weighted by atomic mass is 19.1. The summed E-state index contributed by atoms with van der Waals surface area (Å²) in [5, 5.41) is 0. The fraction of sp³-hybridized carbons (Fsp3) is 0.647. The summed E-state index contributed by atoms with van der Waals surface area (Å²) in [7, 11) is 0. The Balaban J connectivity index is 1.61. The Morgan fingerprint density at radius 3 is 2.70 bits per heavy atom. The predicted molar refractivity (Wildman–Crippen MR) is 80.4 cm³/mol. The fourth-order valence-electron chi connectivity index (χ4n) is 3.73. The normalized spacial score (nSPS) is 26.2. The Morgan fingerprint density at radius 2 is 1.90 bits per heavy atom. The van der Waals surface area contributed by atoms with E-state index in [1.54, 1.807) is 12.1 Å². The molecule has 2 saturated heterocycles. The molecule has 20 heavy (non-hydrogen) atoms. The zero-order valence-electron chi connectivity index (χ0n) is 12.4. The number of nitrogens with zero attached hydrogens (tertiary/aromatic N) is 2. The molecule has 2 heterocycles. The number of fused-ring (bicyclic) bond motifs is 1. The molecule has 2 unspecified atom stereocenters. The van der Waals surface area contributed by atoms with E-state index in [1.165, 1.54) is 51.0 Å². The van der Waals surface area contributed by atoms with E-state index in [0.717, 1.165) is 12.5 Å². The van der Waals surface area contributed by atoms with Crippen molar-refractivity contribution >= 4 is 0 Å². The average Bonchev–Trinajstić information content (AvgIpc) is 2.78. The fourth-order valence-corrected chi connectivity index (χ4v) is 3.73. The van der Waals surface area contributed by atoms with E-state index in [-0.39, 0.29) is 5.82 Å². The van der Waals surface area contributed by atoms with Crippen LogP contribution in [0.4, 0.5) is 4.39 Å². The molecular weight excluding hydrogens is 251 g/mol. The molecule has 0 amide bonds. The predicted octanol–water partition coefficient (Wildman–Crippen LogP) is 2.93. The molecule has 0 saturated carbocycles. The van der Waals surface area contributed by atoms with E-state index in [0.29, 0.717) is 6.04 Å². The molecule has 2 aliphatic rings. The smallest absolute Gasteiger partial charge is 0.123 e. The first-order chi connectivity index (χ1) is 9.72. The Morgan fingerprint density at radius 1 is 1.15 bits per heavy atom. The van der Waals surface area contributed by atoms with Gasteiger partial charge < -0.3 is 0 Å². The van der Waals surface area contributed by atoms with Crippen molar-refractivity contribution in [2.75, 3.05) is 26.2 Å². The number of hydrogen-bond acceptors (Lipinski definition) is 2. The van der Waals surface area contributed by atoms with Crippen molar-refractivity contribution in [2.24, 2.45) is 0 Å². The largest absolute Gasteiger partial charge is 0.299 e. The van der Waals surface area contributed by atoms with Crippen LogP contribution in [0.1, 0.15) is 31.7 Å². The Bertz CT molecular complexity index is 431. The molecule has 3 rings (SSSR count). The van der Waals surface area contributed by atoms with E-state index in [1.807, 2.05) is 12.1 Å². The van der Waals surface area contributed by atoms with E-state index in [4.69, 9.17) is 0 Å². The molecule has 0 spiro atoms. The van der Waals surface area contributed by atoms with Gasteiger partial charge in [-0.15, -0.1) is 0 Å². The van der Waals surface area contributed by atoms with Crippen molar-refractivity contribution in [3.8, 4) is 0 Å². The molecule has 0 aromatic heterocycles. The lowest BCUT2D eigenvalue weighted by Gasteiger charge is -2.30.